The molecule has 2 rings (SSSR count). The van der Waals surface area contributed by atoms with Crippen LogP contribution in [0.1, 0.15) is 29.6 Å². The molecule has 4 heteroatoms. The monoisotopic (exact) mass is 287 g/mol. The molecule has 3 nitrogen and oxygen atoms in total. The van der Waals surface area contributed by atoms with E-state index in [9.17, 15) is 0 Å². The number of hydrogen-bond donors (Lipinski definition) is 1. The van der Waals surface area contributed by atoms with Crippen LogP contribution in [0.4, 0.5) is 5.82 Å². The van der Waals surface area contributed by atoms with Gasteiger partial charge in [-0.1, -0.05) is 29.8 Å². The SMILES string of the molecule is CCNc1cc(C)nc(CSCc2cccc(C)c2)n1. The van der Waals surface area contributed by atoms with Crippen LogP contribution in [0.15, 0.2) is 30.3 Å². The summed E-state index contributed by atoms with van der Waals surface area (Å²) < 4.78 is 0. The summed E-state index contributed by atoms with van der Waals surface area (Å²) in [5.74, 6) is 3.66. The number of aryl methyl sites for hydroxylation is 2. The first-order valence-electron chi connectivity index (χ1n) is 6.89. The summed E-state index contributed by atoms with van der Waals surface area (Å²) in [5, 5.41) is 3.24. The standard InChI is InChI=1S/C16H21N3S/c1-4-17-15-9-13(3)18-16(19-15)11-20-10-14-7-5-6-12(2)8-14/h5-9H,4,10-11H2,1-3H3,(H,17,18,19). The highest BCUT2D eigenvalue weighted by molar-refractivity contribution is 7.97. The predicted octanol–water partition coefficient (Wildman–Crippen LogP) is 3.96. The number of hydrogen-bond acceptors (Lipinski definition) is 4. The topological polar surface area (TPSA) is 37.8 Å². The zero-order chi connectivity index (χ0) is 14.4. The third kappa shape index (κ3) is 4.53. The average Bonchev–Trinajstić information content (AvgIpc) is 2.38. The second-order valence-electron chi connectivity index (χ2n) is 4.82. The Kier molecular flexibility index (Phi) is 5.41. The molecule has 0 radical (unpaired) electrons. The number of benzene rings is 1. The Morgan fingerprint density at radius 3 is 2.70 bits per heavy atom. The maximum absolute atomic E-state index is 4.53. The van der Waals surface area contributed by atoms with Crippen LogP contribution >= 0.6 is 11.8 Å². The molecule has 1 aromatic carbocycles. The lowest BCUT2D eigenvalue weighted by Gasteiger charge is -2.07. The Morgan fingerprint density at radius 2 is 1.95 bits per heavy atom. The van der Waals surface area contributed by atoms with Crippen LogP contribution in [-0.4, -0.2) is 16.5 Å². The first kappa shape index (κ1) is 14.9. The van der Waals surface area contributed by atoms with Crippen molar-refractivity contribution < 1.29 is 0 Å². The molecule has 0 atom stereocenters. The maximum atomic E-state index is 4.53. The van der Waals surface area contributed by atoms with Crippen LogP contribution in [-0.2, 0) is 11.5 Å². The minimum atomic E-state index is 0.841. The van der Waals surface area contributed by atoms with Gasteiger partial charge in [0.25, 0.3) is 0 Å². The van der Waals surface area contributed by atoms with Crippen LogP contribution in [0.2, 0.25) is 0 Å². The van der Waals surface area contributed by atoms with Gasteiger partial charge >= 0.3 is 0 Å². The van der Waals surface area contributed by atoms with E-state index in [1.165, 1.54) is 11.1 Å². The maximum Gasteiger partial charge on any atom is 0.140 e. The first-order valence-corrected chi connectivity index (χ1v) is 8.04. The third-order valence-electron chi connectivity index (χ3n) is 2.84. The molecule has 0 bridgehead atoms. The lowest BCUT2D eigenvalue weighted by Crippen LogP contribution is -2.04. The van der Waals surface area contributed by atoms with Crippen LogP contribution in [0.3, 0.4) is 0 Å². The van der Waals surface area contributed by atoms with E-state index in [0.29, 0.717) is 0 Å². The number of aromatic nitrogens is 2. The second-order valence-corrected chi connectivity index (χ2v) is 5.81. The zero-order valence-electron chi connectivity index (χ0n) is 12.3. The molecule has 1 N–H and O–H groups in total. The van der Waals surface area contributed by atoms with Crippen molar-refractivity contribution in [1.29, 1.82) is 0 Å². The Morgan fingerprint density at radius 1 is 1.10 bits per heavy atom. The zero-order valence-corrected chi connectivity index (χ0v) is 13.1. The van der Waals surface area contributed by atoms with E-state index >= 15 is 0 Å². The molecule has 0 aliphatic carbocycles. The Bertz CT molecular complexity index is 569. The minimum absolute atomic E-state index is 0.841. The molecule has 0 spiro atoms. The fraction of sp³-hybridized carbons (Fsp3) is 0.375. The van der Waals surface area contributed by atoms with Crippen LogP contribution < -0.4 is 5.32 Å². The Hall–Kier alpha value is -1.55. The molecule has 0 saturated heterocycles. The molecule has 1 aromatic heterocycles. The predicted molar refractivity (Wildman–Crippen MR) is 87.1 cm³/mol. The highest BCUT2D eigenvalue weighted by Crippen LogP contribution is 2.18. The summed E-state index contributed by atoms with van der Waals surface area (Å²) in [6.45, 7) is 7.09. The molecule has 0 amide bonds. The summed E-state index contributed by atoms with van der Waals surface area (Å²) in [7, 11) is 0. The molecule has 0 aliphatic rings. The largest absolute Gasteiger partial charge is 0.370 e. The van der Waals surface area contributed by atoms with Gasteiger partial charge in [-0.3, -0.25) is 0 Å². The number of thioether (sulfide) groups is 1. The minimum Gasteiger partial charge on any atom is -0.370 e. The van der Waals surface area contributed by atoms with E-state index in [0.717, 1.165) is 35.4 Å². The van der Waals surface area contributed by atoms with Crippen molar-refractivity contribution in [1.82, 2.24) is 9.97 Å². The highest BCUT2D eigenvalue weighted by Gasteiger charge is 2.02. The van der Waals surface area contributed by atoms with E-state index in [-0.39, 0.29) is 0 Å². The van der Waals surface area contributed by atoms with Crippen molar-refractivity contribution in [2.75, 3.05) is 11.9 Å². The fourth-order valence-corrected chi connectivity index (χ4v) is 2.86. The smallest absolute Gasteiger partial charge is 0.140 e. The van der Waals surface area contributed by atoms with Crippen molar-refractivity contribution in [2.45, 2.75) is 32.3 Å². The van der Waals surface area contributed by atoms with Gasteiger partial charge in [0.05, 0.1) is 5.75 Å². The Balaban J connectivity index is 1.93. The number of nitrogens with one attached hydrogen (secondary N) is 1. The molecule has 0 unspecified atom stereocenters. The van der Waals surface area contributed by atoms with Crippen molar-refractivity contribution >= 4 is 17.6 Å². The molecule has 2 aromatic rings. The van der Waals surface area contributed by atoms with Gasteiger partial charge in [0.15, 0.2) is 0 Å². The van der Waals surface area contributed by atoms with Gasteiger partial charge in [-0.25, -0.2) is 9.97 Å². The quantitative estimate of drug-likeness (QED) is 0.872. The highest BCUT2D eigenvalue weighted by atomic mass is 32.2. The summed E-state index contributed by atoms with van der Waals surface area (Å²) in [6, 6.07) is 10.6. The molecular formula is C16H21N3S. The van der Waals surface area contributed by atoms with Crippen molar-refractivity contribution in [3.63, 3.8) is 0 Å². The average molecular weight is 287 g/mol. The van der Waals surface area contributed by atoms with Crippen molar-refractivity contribution in [3.8, 4) is 0 Å². The van der Waals surface area contributed by atoms with Gasteiger partial charge < -0.3 is 5.32 Å². The van der Waals surface area contributed by atoms with E-state index < -0.39 is 0 Å². The van der Waals surface area contributed by atoms with Gasteiger partial charge in [0.2, 0.25) is 0 Å². The lowest BCUT2D eigenvalue weighted by atomic mass is 10.2. The van der Waals surface area contributed by atoms with Crippen LogP contribution in [0, 0.1) is 13.8 Å². The second kappa shape index (κ2) is 7.29. The molecule has 20 heavy (non-hydrogen) atoms. The van der Waals surface area contributed by atoms with E-state index in [4.69, 9.17) is 0 Å². The molecule has 0 saturated carbocycles. The van der Waals surface area contributed by atoms with E-state index in [1.54, 1.807) is 0 Å². The van der Waals surface area contributed by atoms with Crippen LogP contribution in [0.5, 0.6) is 0 Å². The van der Waals surface area contributed by atoms with Crippen LogP contribution in [0.25, 0.3) is 0 Å². The third-order valence-corrected chi connectivity index (χ3v) is 3.84. The molecule has 106 valence electrons. The summed E-state index contributed by atoms with van der Waals surface area (Å²) >= 11 is 1.85. The van der Waals surface area contributed by atoms with E-state index in [1.807, 2.05) is 24.8 Å². The van der Waals surface area contributed by atoms with Gasteiger partial charge in [0, 0.05) is 24.1 Å². The first-order chi connectivity index (χ1) is 9.67. The molecule has 0 aliphatic heterocycles. The van der Waals surface area contributed by atoms with Gasteiger partial charge in [0.1, 0.15) is 11.6 Å². The van der Waals surface area contributed by atoms with Gasteiger partial charge in [-0.05, 0) is 26.3 Å². The van der Waals surface area contributed by atoms with Crippen molar-refractivity contribution in [2.24, 2.45) is 0 Å². The normalized spacial score (nSPS) is 10.6. The lowest BCUT2D eigenvalue weighted by molar-refractivity contribution is 0.986. The number of nitrogens with zero attached hydrogens (tertiary/aromatic N) is 2. The van der Waals surface area contributed by atoms with Gasteiger partial charge in [-0.2, -0.15) is 0 Å². The van der Waals surface area contributed by atoms with Crippen molar-refractivity contribution in [3.05, 3.63) is 53.0 Å². The molecule has 0 fully saturated rings. The number of anilines is 1. The van der Waals surface area contributed by atoms with Gasteiger partial charge in [-0.15, -0.1) is 11.8 Å². The summed E-state index contributed by atoms with van der Waals surface area (Å²) in [6.07, 6.45) is 0. The summed E-state index contributed by atoms with van der Waals surface area (Å²) in [4.78, 5) is 9.02. The fourth-order valence-electron chi connectivity index (χ4n) is 2.03. The molecular weight excluding hydrogens is 266 g/mol. The Labute approximate surface area is 125 Å². The molecule has 1 heterocycles. The van der Waals surface area contributed by atoms with E-state index in [2.05, 4.69) is 53.4 Å². The number of rotatable bonds is 6. The summed E-state index contributed by atoms with van der Waals surface area (Å²) in [5.41, 5.74) is 3.68.